The summed E-state index contributed by atoms with van der Waals surface area (Å²) in [5, 5.41) is 2.80. The van der Waals surface area contributed by atoms with E-state index in [1.807, 2.05) is 0 Å². The van der Waals surface area contributed by atoms with Crippen LogP contribution in [-0.2, 0) is 14.3 Å². The van der Waals surface area contributed by atoms with Gasteiger partial charge in [0.05, 0.1) is 30.9 Å². The number of carbonyl (C=O) groups is 2. The number of nitrogens with one attached hydrogen (secondary N) is 1. The van der Waals surface area contributed by atoms with Crippen LogP contribution in [0.4, 0.5) is 5.69 Å². The molecular weight excluding hydrogens is 368 g/mol. The maximum Gasteiger partial charge on any atom is 0.237 e. The number of anilines is 1. The molecule has 8 nitrogen and oxygen atoms in total. The van der Waals surface area contributed by atoms with Gasteiger partial charge < -0.3 is 19.7 Å². The Balaban J connectivity index is 1.43. The molecule has 142 valence electrons. The van der Waals surface area contributed by atoms with Crippen molar-refractivity contribution in [1.82, 2.24) is 14.9 Å². The summed E-state index contributed by atoms with van der Waals surface area (Å²) in [5.41, 5.74) is 0.612. The summed E-state index contributed by atoms with van der Waals surface area (Å²) in [5.74, 6) is 1.26. The number of hydrogen-bond donors (Lipinski definition) is 1. The second kappa shape index (κ2) is 9.89. The highest BCUT2D eigenvalue weighted by atomic mass is 32.2. The highest BCUT2D eigenvalue weighted by Gasteiger charge is 2.17. The van der Waals surface area contributed by atoms with Gasteiger partial charge in [-0.05, 0) is 12.1 Å². The van der Waals surface area contributed by atoms with Crippen molar-refractivity contribution in [3.05, 3.63) is 42.9 Å². The number of ether oxygens (including phenoxy) is 2. The highest BCUT2D eigenvalue weighted by molar-refractivity contribution is 8.00. The van der Waals surface area contributed by atoms with E-state index in [2.05, 4.69) is 15.3 Å². The molecule has 1 aromatic carbocycles. The van der Waals surface area contributed by atoms with Crippen LogP contribution in [0.1, 0.15) is 0 Å². The molecule has 0 atom stereocenters. The third-order valence-electron chi connectivity index (χ3n) is 3.70. The molecule has 0 saturated carbocycles. The molecular formula is C18H20N4O4S. The first-order chi connectivity index (χ1) is 13.2. The van der Waals surface area contributed by atoms with Crippen LogP contribution in [0.2, 0.25) is 0 Å². The van der Waals surface area contributed by atoms with Gasteiger partial charge in [0.25, 0.3) is 0 Å². The lowest BCUT2D eigenvalue weighted by Crippen LogP contribution is -2.41. The van der Waals surface area contributed by atoms with E-state index < -0.39 is 0 Å². The molecule has 27 heavy (non-hydrogen) atoms. The summed E-state index contributed by atoms with van der Waals surface area (Å²) >= 11 is 1.30. The Hall–Kier alpha value is -2.65. The normalized spacial score (nSPS) is 13.9. The van der Waals surface area contributed by atoms with Crippen molar-refractivity contribution in [1.29, 1.82) is 0 Å². The fourth-order valence-corrected chi connectivity index (χ4v) is 3.15. The second-order valence-corrected chi connectivity index (χ2v) is 6.69. The van der Waals surface area contributed by atoms with Crippen LogP contribution < -0.4 is 10.1 Å². The van der Waals surface area contributed by atoms with E-state index in [1.165, 1.54) is 24.2 Å². The SMILES string of the molecule is O=C(CSCC(=O)N1CCOCC1)Nc1cccc(Oc2cnccn2)c1. The van der Waals surface area contributed by atoms with Crippen LogP contribution >= 0.6 is 11.8 Å². The Morgan fingerprint density at radius 3 is 2.85 bits per heavy atom. The lowest BCUT2D eigenvalue weighted by Gasteiger charge is -2.26. The first-order valence-electron chi connectivity index (χ1n) is 8.48. The Morgan fingerprint density at radius 2 is 2.07 bits per heavy atom. The zero-order chi connectivity index (χ0) is 18.9. The van der Waals surface area contributed by atoms with E-state index >= 15 is 0 Å². The van der Waals surface area contributed by atoms with Gasteiger partial charge in [0.15, 0.2) is 0 Å². The van der Waals surface area contributed by atoms with Crippen molar-refractivity contribution in [2.24, 2.45) is 0 Å². The predicted molar refractivity (Wildman–Crippen MR) is 102 cm³/mol. The van der Waals surface area contributed by atoms with Crippen LogP contribution in [0.15, 0.2) is 42.9 Å². The summed E-state index contributed by atoms with van der Waals surface area (Å²) in [4.78, 5) is 33.9. The van der Waals surface area contributed by atoms with Gasteiger partial charge in [0.1, 0.15) is 5.75 Å². The van der Waals surface area contributed by atoms with Gasteiger partial charge in [-0.1, -0.05) is 6.07 Å². The number of aromatic nitrogens is 2. The largest absolute Gasteiger partial charge is 0.437 e. The molecule has 1 aliphatic rings. The summed E-state index contributed by atoms with van der Waals surface area (Å²) in [7, 11) is 0. The van der Waals surface area contributed by atoms with Crippen LogP contribution in [0.25, 0.3) is 0 Å². The number of thioether (sulfide) groups is 1. The standard InChI is InChI=1S/C18H20N4O4S/c23-16(12-27-13-18(24)22-6-8-25-9-7-22)21-14-2-1-3-15(10-14)26-17-11-19-4-5-20-17/h1-5,10-11H,6-9,12-13H2,(H,21,23). The zero-order valence-corrected chi connectivity index (χ0v) is 15.5. The second-order valence-electron chi connectivity index (χ2n) is 5.71. The maximum absolute atomic E-state index is 12.1. The lowest BCUT2D eigenvalue weighted by molar-refractivity contribution is -0.132. The minimum absolute atomic E-state index is 0.0375. The first-order valence-corrected chi connectivity index (χ1v) is 9.63. The zero-order valence-electron chi connectivity index (χ0n) is 14.7. The van der Waals surface area contributed by atoms with Gasteiger partial charge in [-0.25, -0.2) is 4.98 Å². The molecule has 2 heterocycles. The number of hydrogen-bond acceptors (Lipinski definition) is 7. The van der Waals surface area contributed by atoms with Gasteiger partial charge in [0.2, 0.25) is 17.7 Å². The molecule has 1 saturated heterocycles. The molecule has 1 aliphatic heterocycles. The average Bonchev–Trinajstić information content (AvgIpc) is 2.69. The molecule has 1 aromatic heterocycles. The lowest BCUT2D eigenvalue weighted by atomic mass is 10.3. The van der Waals surface area contributed by atoms with Crippen molar-refractivity contribution in [3.63, 3.8) is 0 Å². The summed E-state index contributed by atoms with van der Waals surface area (Å²) < 4.78 is 10.8. The fourth-order valence-electron chi connectivity index (χ4n) is 2.43. The van der Waals surface area contributed by atoms with Crippen molar-refractivity contribution in [2.75, 3.05) is 43.1 Å². The molecule has 3 rings (SSSR count). The van der Waals surface area contributed by atoms with Crippen LogP contribution in [0.5, 0.6) is 11.6 Å². The van der Waals surface area contributed by atoms with Crippen molar-refractivity contribution >= 4 is 29.3 Å². The van der Waals surface area contributed by atoms with Gasteiger partial charge in [-0.15, -0.1) is 11.8 Å². The van der Waals surface area contributed by atoms with Crippen LogP contribution in [0, 0.1) is 0 Å². The van der Waals surface area contributed by atoms with E-state index in [1.54, 1.807) is 35.4 Å². The van der Waals surface area contributed by atoms with Crippen molar-refractivity contribution in [3.8, 4) is 11.6 Å². The summed E-state index contributed by atoms with van der Waals surface area (Å²) in [6.45, 7) is 2.38. The topological polar surface area (TPSA) is 93.7 Å². The van der Waals surface area contributed by atoms with E-state index in [-0.39, 0.29) is 23.3 Å². The average molecular weight is 388 g/mol. The molecule has 0 aliphatic carbocycles. The Bertz CT molecular complexity index is 769. The van der Waals surface area contributed by atoms with Gasteiger partial charge in [-0.3, -0.25) is 14.6 Å². The van der Waals surface area contributed by atoms with E-state index in [0.29, 0.717) is 43.6 Å². The maximum atomic E-state index is 12.1. The van der Waals surface area contributed by atoms with Crippen LogP contribution in [-0.4, -0.2) is 64.5 Å². The van der Waals surface area contributed by atoms with Crippen LogP contribution in [0.3, 0.4) is 0 Å². The van der Waals surface area contributed by atoms with Crippen molar-refractivity contribution in [2.45, 2.75) is 0 Å². The summed E-state index contributed by atoms with van der Waals surface area (Å²) in [6.07, 6.45) is 4.61. The molecule has 0 unspecified atom stereocenters. The summed E-state index contributed by atoms with van der Waals surface area (Å²) in [6, 6.07) is 7.01. The Labute approximate surface area is 161 Å². The molecule has 2 aromatic rings. The molecule has 9 heteroatoms. The smallest absolute Gasteiger partial charge is 0.237 e. The molecule has 0 spiro atoms. The number of morpholine rings is 1. The molecule has 1 fully saturated rings. The highest BCUT2D eigenvalue weighted by Crippen LogP contribution is 2.22. The third-order valence-corrected chi connectivity index (χ3v) is 4.62. The number of amides is 2. The van der Waals surface area contributed by atoms with E-state index in [4.69, 9.17) is 9.47 Å². The quantitative estimate of drug-likeness (QED) is 0.773. The van der Waals surface area contributed by atoms with Gasteiger partial charge in [0, 0.05) is 37.2 Å². The van der Waals surface area contributed by atoms with E-state index in [9.17, 15) is 9.59 Å². The number of rotatable bonds is 7. The number of nitrogens with zero attached hydrogens (tertiary/aromatic N) is 3. The molecule has 1 N–H and O–H groups in total. The minimum atomic E-state index is -0.175. The van der Waals surface area contributed by atoms with Gasteiger partial charge in [-0.2, -0.15) is 0 Å². The number of benzene rings is 1. The molecule has 2 amide bonds. The molecule has 0 radical (unpaired) electrons. The Kier molecular flexibility index (Phi) is 7.00. The van der Waals surface area contributed by atoms with E-state index in [0.717, 1.165) is 0 Å². The molecule has 0 bridgehead atoms. The minimum Gasteiger partial charge on any atom is -0.437 e. The van der Waals surface area contributed by atoms with Crippen molar-refractivity contribution < 1.29 is 19.1 Å². The monoisotopic (exact) mass is 388 g/mol. The predicted octanol–water partition coefficient (Wildman–Crippen LogP) is 1.80. The third kappa shape index (κ3) is 6.22. The Morgan fingerprint density at radius 1 is 1.22 bits per heavy atom. The fraction of sp³-hybridized carbons (Fsp3) is 0.333. The number of carbonyl (C=O) groups excluding carboxylic acids is 2. The van der Waals surface area contributed by atoms with Gasteiger partial charge >= 0.3 is 0 Å². The first kappa shape index (κ1) is 19.1.